The van der Waals surface area contributed by atoms with Crippen LogP contribution in [0.15, 0.2) is 6.07 Å². The lowest BCUT2D eigenvalue weighted by Gasteiger charge is -2.00. The molecule has 1 aliphatic rings. The fourth-order valence-electron chi connectivity index (χ4n) is 1.54. The molecule has 0 radical (unpaired) electrons. The van der Waals surface area contributed by atoms with Crippen LogP contribution >= 0.6 is 0 Å². The minimum Gasteiger partial charge on any atom is -0.368 e. The molecule has 2 atom stereocenters. The molecule has 2 unspecified atom stereocenters. The van der Waals surface area contributed by atoms with E-state index in [1.54, 1.807) is 0 Å². The van der Waals surface area contributed by atoms with Gasteiger partial charge in [-0.1, -0.05) is 6.92 Å². The molecule has 0 aromatic carbocycles. The van der Waals surface area contributed by atoms with Crippen LogP contribution in [0.5, 0.6) is 0 Å². The van der Waals surface area contributed by atoms with E-state index in [-0.39, 0.29) is 0 Å². The minimum absolute atomic E-state index is 0.407. The van der Waals surface area contributed by atoms with Crippen molar-refractivity contribution in [2.75, 3.05) is 5.73 Å². The van der Waals surface area contributed by atoms with Gasteiger partial charge in [0.25, 0.3) is 0 Å². The lowest BCUT2D eigenvalue weighted by Crippen LogP contribution is -2.00. The summed E-state index contributed by atoms with van der Waals surface area (Å²) in [5.41, 5.74) is 7.64. The molecule has 3 heteroatoms. The fourth-order valence-corrected chi connectivity index (χ4v) is 1.54. The van der Waals surface area contributed by atoms with Crippen LogP contribution in [0.2, 0.25) is 0 Å². The second kappa shape index (κ2) is 2.44. The van der Waals surface area contributed by atoms with Gasteiger partial charge >= 0.3 is 0 Å². The number of aromatic nitrogens is 2. The average Bonchev–Trinajstić information content (AvgIpc) is 2.64. The Hall–Kier alpha value is -1.12. The first-order valence-corrected chi connectivity index (χ1v) is 4.28. The SMILES string of the molecule is Cc1cc(C2CC2C)nc(N)n1. The van der Waals surface area contributed by atoms with Crippen molar-refractivity contribution in [3.05, 3.63) is 17.5 Å². The van der Waals surface area contributed by atoms with Crippen LogP contribution in [0.3, 0.4) is 0 Å². The van der Waals surface area contributed by atoms with Gasteiger partial charge in [0.15, 0.2) is 0 Å². The summed E-state index contributed by atoms with van der Waals surface area (Å²) >= 11 is 0. The molecule has 2 N–H and O–H groups in total. The van der Waals surface area contributed by atoms with E-state index in [2.05, 4.69) is 16.9 Å². The summed E-state index contributed by atoms with van der Waals surface area (Å²) in [5, 5.41) is 0. The molecule has 12 heavy (non-hydrogen) atoms. The molecule has 1 heterocycles. The van der Waals surface area contributed by atoms with E-state index in [1.165, 1.54) is 6.42 Å². The highest BCUT2D eigenvalue weighted by Crippen LogP contribution is 2.46. The third-order valence-corrected chi connectivity index (χ3v) is 2.38. The van der Waals surface area contributed by atoms with Gasteiger partial charge < -0.3 is 5.73 Å². The van der Waals surface area contributed by atoms with E-state index in [9.17, 15) is 0 Å². The van der Waals surface area contributed by atoms with Crippen molar-refractivity contribution >= 4 is 5.95 Å². The molecular formula is C9H13N3. The molecule has 1 aromatic heterocycles. The van der Waals surface area contributed by atoms with Crippen LogP contribution in [0.25, 0.3) is 0 Å². The zero-order valence-corrected chi connectivity index (χ0v) is 7.41. The average molecular weight is 163 g/mol. The normalized spacial score (nSPS) is 27.2. The first-order chi connectivity index (χ1) is 5.66. The van der Waals surface area contributed by atoms with E-state index < -0.39 is 0 Å². The fraction of sp³-hybridized carbons (Fsp3) is 0.556. The Bertz CT molecular complexity index is 288. The maximum absolute atomic E-state index is 5.55. The number of aryl methyl sites for hydroxylation is 1. The highest BCUT2D eigenvalue weighted by atomic mass is 15.0. The van der Waals surface area contributed by atoms with Crippen molar-refractivity contribution in [1.82, 2.24) is 9.97 Å². The number of nitrogens with zero attached hydrogens (tertiary/aromatic N) is 2. The van der Waals surface area contributed by atoms with Crippen LogP contribution in [0.4, 0.5) is 5.95 Å². The van der Waals surface area contributed by atoms with E-state index >= 15 is 0 Å². The lowest BCUT2D eigenvalue weighted by molar-refractivity contribution is 0.875. The molecule has 1 aromatic rings. The van der Waals surface area contributed by atoms with E-state index in [1.807, 2.05) is 13.0 Å². The monoisotopic (exact) mass is 163 g/mol. The topological polar surface area (TPSA) is 51.8 Å². The Balaban J connectivity index is 2.32. The zero-order chi connectivity index (χ0) is 8.72. The summed E-state index contributed by atoms with van der Waals surface area (Å²) < 4.78 is 0. The highest BCUT2D eigenvalue weighted by molar-refractivity contribution is 5.27. The van der Waals surface area contributed by atoms with Crippen LogP contribution in [-0.2, 0) is 0 Å². The standard InChI is InChI=1S/C9H13N3/c1-5-3-7(5)8-4-6(2)11-9(10)12-8/h4-5,7H,3H2,1-2H3,(H2,10,11,12). The number of nitrogen functional groups attached to an aromatic ring is 1. The van der Waals surface area contributed by atoms with Gasteiger partial charge in [-0.25, -0.2) is 9.97 Å². The van der Waals surface area contributed by atoms with E-state index in [4.69, 9.17) is 5.73 Å². The van der Waals surface area contributed by atoms with Crippen molar-refractivity contribution in [2.24, 2.45) is 5.92 Å². The van der Waals surface area contributed by atoms with Gasteiger partial charge in [0.1, 0.15) is 0 Å². The van der Waals surface area contributed by atoms with Gasteiger partial charge in [-0.05, 0) is 25.3 Å². The molecule has 0 amide bonds. The first kappa shape index (κ1) is 7.53. The highest BCUT2D eigenvalue weighted by Gasteiger charge is 2.35. The molecule has 1 saturated carbocycles. The summed E-state index contributed by atoms with van der Waals surface area (Å²) in [6.45, 7) is 4.19. The molecule has 1 aliphatic carbocycles. The summed E-state index contributed by atoms with van der Waals surface area (Å²) in [5.74, 6) is 1.82. The first-order valence-electron chi connectivity index (χ1n) is 4.28. The molecule has 64 valence electrons. The number of hydrogen-bond acceptors (Lipinski definition) is 3. The quantitative estimate of drug-likeness (QED) is 0.682. The third kappa shape index (κ3) is 1.26. The van der Waals surface area contributed by atoms with Crippen LogP contribution in [0, 0.1) is 12.8 Å². The van der Waals surface area contributed by atoms with Crippen LogP contribution in [0.1, 0.15) is 30.7 Å². The van der Waals surface area contributed by atoms with Gasteiger partial charge in [-0.15, -0.1) is 0 Å². The number of hydrogen-bond donors (Lipinski definition) is 1. The zero-order valence-electron chi connectivity index (χ0n) is 7.41. The van der Waals surface area contributed by atoms with Crippen molar-refractivity contribution in [3.63, 3.8) is 0 Å². The van der Waals surface area contributed by atoms with Gasteiger partial charge in [0, 0.05) is 17.3 Å². The molecule has 0 saturated heterocycles. The molecule has 0 aliphatic heterocycles. The van der Waals surface area contributed by atoms with Gasteiger partial charge in [-0.2, -0.15) is 0 Å². The number of nitrogens with two attached hydrogens (primary N) is 1. The second-order valence-electron chi connectivity index (χ2n) is 3.61. The van der Waals surface area contributed by atoms with Crippen LogP contribution in [-0.4, -0.2) is 9.97 Å². The van der Waals surface area contributed by atoms with Crippen LogP contribution < -0.4 is 5.73 Å². The maximum atomic E-state index is 5.55. The maximum Gasteiger partial charge on any atom is 0.220 e. The molecule has 0 spiro atoms. The Labute approximate surface area is 72.0 Å². The summed E-state index contributed by atoms with van der Waals surface area (Å²) in [6, 6.07) is 2.03. The van der Waals surface area contributed by atoms with E-state index in [0.717, 1.165) is 17.3 Å². The van der Waals surface area contributed by atoms with Gasteiger partial charge in [0.2, 0.25) is 5.95 Å². The molecule has 0 bridgehead atoms. The smallest absolute Gasteiger partial charge is 0.220 e. The molecule has 3 nitrogen and oxygen atoms in total. The molecular weight excluding hydrogens is 150 g/mol. The third-order valence-electron chi connectivity index (χ3n) is 2.38. The van der Waals surface area contributed by atoms with Crippen molar-refractivity contribution in [3.8, 4) is 0 Å². The van der Waals surface area contributed by atoms with Gasteiger partial charge in [0.05, 0.1) is 0 Å². The van der Waals surface area contributed by atoms with Crippen molar-refractivity contribution < 1.29 is 0 Å². The number of rotatable bonds is 1. The largest absolute Gasteiger partial charge is 0.368 e. The predicted molar refractivity (Wildman–Crippen MR) is 47.7 cm³/mol. The lowest BCUT2D eigenvalue weighted by atomic mass is 10.2. The Morgan fingerprint density at radius 2 is 2.17 bits per heavy atom. The summed E-state index contributed by atoms with van der Waals surface area (Å²) in [6.07, 6.45) is 1.25. The molecule has 1 fully saturated rings. The summed E-state index contributed by atoms with van der Waals surface area (Å²) in [7, 11) is 0. The predicted octanol–water partition coefficient (Wildman–Crippen LogP) is 1.49. The molecule has 2 rings (SSSR count). The van der Waals surface area contributed by atoms with Gasteiger partial charge in [-0.3, -0.25) is 0 Å². The van der Waals surface area contributed by atoms with Crippen molar-refractivity contribution in [2.45, 2.75) is 26.2 Å². The number of anilines is 1. The second-order valence-corrected chi connectivity index (χ2v) is 3.61. The summed E-state index contributed by atoms with van der Waals surface area (Å²) in [4.78, 5) is 8.25. The van der Waals surface area contributed by atoms with E-state index in [0.29, 0.717) is 11.9 Å². The minimum atomic E-state index is 0.407. The Morgan fingerprint density at radius 3 is 2.67 bits per heavy atom. The Morgan fingerprint density at radius 1 is 1.50 bits per heavy atom. The van der Waals surface area contributed by atoms with Crippen molar-refractivity contribution in [1.29, 1.82) is 0 Å². The Kier molecular flexibility index (Phi) is 1.53.